The van der Waals surface area contributed by atoms with Crippen LogP contribution < -0.4 is 5.32 Å². The highest BCUT2D eigenvalue weighted by Crippen LogP contribution is 2.41. The first-order chi connectivity index (χ1) is 10.9. The smallest absolute Gasteiger partial charge is 0.252 e. The summed E-state index contributed by atoms with van der Waals surface area (Å²) in [6.45, 7) is 0. The van der Waals surface area contributed by atoms with Gasteiger partial charge in [-0.2, -0.15) is 0 Å². The van der Waals surface area contributed by atoms with Crippen molar-refractivity contribution < 1.29 is 19.2 Å². The van der Waals surface area contributed by atoms with Crippen molar-refractivity contribution >= 4 is 45.5 Å². The van der Waals surface area contributed by atoms with Crippen molar-refractivity contribution in [1.82, 2.24) is 5.32 Å². The van der Waals surface area contributed by atoms with Gasteiger partial charge in [0.15, 0.2) is 0 Å². The van der Waals surface area contributed by atoms with Crippen LogP contribution in [0.5, 0.6) is 0 Å². The Morgan fingerprint density at radius 3 is 2.17 bits per heavy atom. The van der Waals surface area contributed by atoms with Crippen LogP contribution >= 0.6 is 23.2 Å². The molecule has 3 atom stereocenters. The Hall–Kier alpha value is -1.98. The second kappa shape index (κ2) is 5.91. The normalized spacial score (nSPS) is 25.9. The molecule has 1 aliphatic heterocycles. The lowest BCUT2D eigenvalue weighted by Crippen LogP contribution is -2.27. The van der Waals surface area contributed by atoms with Crippen LogP contribution in [0.1, 0.15) is 38.6 Å². The number of carbonyl (C=O) groups is 4. The quantitative estimate of drug-likeness (QED) is 0.515. The van der Waals surface area contributed by atoms with Crippen LogP contribution in [-0.4, -0.2) is 22.3 Å². The Kier molecular flexibility index (Phi) is 4.08. The maximum Gasteiger partial charge on any atom is 0.252 e. The van der Waals surface area contributed by atoms with E-state index < -0.39 is 28.2 Å². The molecule has 1 aromatic rings. The molecule has 5 nitrogen and oxygen atoms in total. The van der Waals surface area contributed by atoms with Crippen LogP contribution in [0, 0.1) is 11.8 Å². The molecule has 3 rings (SSSR count). The second-order valence-electron chi connectivity index (χ2n) is 5.57. The summed E-state index contributed by atoms with van der Waals surface area (Å²) in [5.74, 6) is -2.08. The van der Waals surface area contributed by atoms with E-state index >= 15 is 0 Å². The fourth-order valence-corrected chi connectivity index (χ4v) is 3.41. The van der Waals surface area contributed by atoms with Crippen LogP contribution in [0.4, 0.5) is 0 Å². The predicted molar refractivity (Wildman–Crippen MR) is 83.4 cm³/mol. The third-order valence-corrected chi connectivity index (χ3v) is 4.67. The lowest BCUT2D eigenvalue weighted by Gasteiger charge is -2.27. The van der Waals surface area contributed by atoms with Crippen molar-refractivity contribution in [3.05, 3.63) is 47.0 Å². The first-order valence-electron chi connectivity index (χ1n) is 6.94. The summed E-state index contributed by atoms with van der Waals surface area (Å²) in [6, 6.07) is 4.34. The summed E-state index contributed by atoms with van der Waals surface area (Å²) in [6.07, 6.45) is 4.11. The molecule has 1 N–H and O–H groups in total. The molecule has 1 aromatic carbocycles. The van der Waals surface area contributed by atoms with Crippen molar-refractivity contribution in [2.24, 2.45) is 11.8 Å². The van der Waals surface area contributed by atoms with Crippen molar-refractivity contribution in [3.63, 3.8) is 0 Å². The van der Waals surface area contributed by atoms with Gasteiger partial charge in [0, 0.05) is 17.0 Å². The Morgan fingerprint density at radius 1 is 1.00 bits per heavy atom. The van der Waals surface area contributed by atoms with Gasteiger partial charge >= 0.3 is 0 Å². The summed E-state index contributed by atoms with van der Waals surface area (Å²) in [5, 5.41) is 0.874. The fraction of sp³-hybridized carbons (Fsp3) is 0.250. The van der Waals surface area contributed by atoms with E-state index in [4.69, 9.17) is 23.2 Å². The lowest BCUT2D eigenvalue weighted by molar-refractivity contribution is -0.126. The van der Waals surface area contributed by atoms with Gasteiger partial charge < -0.3 is 0 Å². The number of imide groups is 1. The maximum absolute atomic E-state index is 12.1. The average Bonchev–Trinajstić information content (AvgIpc) is 2.81. The molecule has 0 spiro atoms. The van der Waals surface area contributed by atoms with E-state index in [0.717, 1.165) is 0 Å². The Labute approximate surface area is 141 Å². The number of hydrogen-bond donors (Lipinski definition) is 1. The number of hydrogen-bond acceptors (Lipinski definition) is 4. The number of allylic oxidation sites excluding steroid dienone is 2. The topological polar surface area (TPSA) is 80.3 Å². The average molecular weight is 352 g/mol. The molecule has 0 radical (unpaired) electrons. The first kappa shape index (κ1) is 15.9. The van der Waals surface area contributed by atoms with Gasteiger partial charge in [0.05, 0.1) is 11.8 Å². The van der Waals surface area contributed by atoms with Gasteiger partial charge in [0.25, 0.3) is 10.5 Å². The first-order valence-corrected chi connectivity index (χ1v) is 7.70. The van der Waals surface area contributed by atoms with Crippen molar-refractivity contribution in [2.45, 2.75) is 12.3 Å². The van der Waals surface area contributed by atoms with E-state index in [1.165, 1.54) is 18.2 Å². The monoisotopic (exact) mass is 351 g/mol. The number of amides is 2. The van der Waals surface area contributed by atoms with E-state index in [1.807, 2.05) is 6.08 Å². The molecule has 118 valence electrons. The number of benzene rings is 1. The highest BCUT2D eigenvalue weighted by Gasteiger charge is 2.46. The summed E-state index contributed by atoms with van der Waals surface area (Å²) in [7, 11) is 0. The minimum Gasteiger partial charge on any atom is -0.296 e. The molecule has 7 heteroatoms. The molecule has 23 heavy (non-hydrogen) atoms. The molecule has 2 aliphatic rings. The predicted octanol–water partition coefficient (Wildman–Crippen LogP) is 2.38. The van der Waals surface area contributed by atoms with Gasteiger partial charge in [0.2, 0.25) is 11.8 Å². The molecule has 3 unspecified atom stereocenters. The third kappa shape index (κ3) is 2.82. The minimum absolute atomic E-state index is 0.119. The van der Waals surface area contributed by atoms with Crippen LogP contribution in [0.2, 0.25) is 0 Å². The second-order valence-corrected chi connectivity index (χ2v) is 6.25. The Balaban J connectivity index is 2.10. The molecular formula is C16H11Cl2NO4. The van der Waals surface area contributed by atoms with Crippen molar-refractivity contribution in [3.8, 4) is 0 Å². The lowest BCUT2D eigenvalue weighted by atomic mass is 9.74. The van der Waals surface area contributed by atoms with Crippen LogP contribution in [0.3, 0.4) is 0 Å². The summed E-state index contributed by atoms with van der Waals surface area (Å²) in [5.41, 5.74) is 0.790. The molecule has 2 amide bonds. The SMILES string of the molecule is O=C(Cl)c1cc(C(=O)Cl)cc(C2C=CCC3C(=O)NC(=O)C32)c1. The molecule has 0 bridgehead atoms. The molecule has 1 aliphatic carbocycles. The molecule has 1 saturated heterocycles. The van der Waals surface area contributed by atoms with Crippen molar-refractivity contribution in [2.75, 3.05) is 0 Å². The van der Waals surface area contributed by atoms with Gasteiger partial charge in [-0.3, -0.25) is 24.5 Å². The van der Waals surface area contributed by atoms with E-state index in [1.54, 1.807) is 6.08 Å². The Bertz CT molecular complexity index is 739. The zero-order valence-corrected chi connectivity index (χ0v) is 13.2. The fourth-order valence-electron chi connectivity index (χ4n) is 3.19. The molecule has 1 fully saturated rings. The summed E-state index contributed by atoms with van der Waals surface area (Å²) < 4.78 is 0. The van der Waals surface area contributed by atoms with E-state index in [-0.39, 0.29) is 22.9 Å². The van der Waals surface area contributed by atoms with Gasteiger partial charge in [0.1, 0.15) is 0 Å². The zero-order valence-electron chi connectivity index (χ0n) is 11.7. The van der Waals surface area contributed by atoms with E-state index in [2.05, 4.69) is 5.32 Å². The highest BCUT2D eigenvalue weighted by molar-refractivity contribution is 6.69. The van der Waals surface area contributed by atoms with Gasteiger partial charge in [-0.25, -0.2) is 0 Å². The van der Waals surface area contributed by atoms with Gasteiger partial charge in [-0.1, -0.05) is 12.2 Å². The van der Waals surface area contributed by atoms with E-state index in [9.17, 15) is 19.2 Å². The number of halogens is 2. The highest BCUT2D eigenvalue weighted by atomic mass is 35.5. The zero-order chi connectivity index (χ0) is 16.7. The molecule has 0 saturated carbocycles. The third-order valence-electron chi connectivity index (χ3n) is 4.23. The number of rotatable bonds is 3. The van der Waals surface area contributed by atoms with Gasteiger partial charge in [-0.15, -0.1) is 0 Å². The van der Waals surface area contributed by atoms with Gasteiger partial charge in [-0.05, 0) is 53.4 Å². The van der Waals surface area contributed by atoms with Crippen molar-refractivity contribution in [1.29, 1.82) is 0 Å². The van der Waals surface area contributed by atoms with Crippen LogP contribution in [-0.2, 0) is 9.59 Å². The molecule has 0 aromatic heterocycles. The molecule has 1 heterocycles. The number of nitrogens with one attached hydrogen (secondary N) is 1. The minimum atomic E-state index is -0.727. The summed E-state index contributed by atoms with van der Waals surface area (Å²) >= 11 is 11.0. The Morgan fingerprint density at radius 2 is 1.61 bits per heavy atom. The van der Waals surface area contributed by atoms with Crippen LogP contribution in [0.25, 0.3) is 0 Å². The van der Waals surface area contributed by atoms with E-state index in [0.29, 0.717) is 12.0 Å². The molecular weight excluding hydrogens is 341 g/mol. The summed E-state index contributed by atoms with van der Waals surface area (Å²) in [4.78, 5) is 46.8. The van der Waals surface area contributed by atoms with Crippen LogP contribution in [0.15, 0.2) is 30.4 Å². The number of fused-ring (bicyclic) bond motifs is 1. The largest absolute Gasteiger partial charge is 0.296 e. The maximum atomic E-state index is 12.1. The number of carbonyl (C=O) groups excluding carboxylic acids is 4. The standard InChI is InChI=1S/C16H11Cl2NO4/c17-13(20)8-4-7(5-9(6-8)14(18)21)10-2-1-3-11-12(10)16(23)19-15(11)22/h1-2,4-6,10-12H,3H2,(H,19,22,23).